The quantitative estimate of drug-likeness (QED) is 0.801. The van der Waals surface area contributed by atoms with Crippen molar-refractivity contribution in [1.82, 2.24) is 4.90 Å². The van der Waals surface area contributed by atoms with E-state index in [2.05, 4.69) is 5.32 Å². The summed E-state index contributed by atoms with van der Waals surface area (Å²) in [5.74, 6) is -1.54. The van der Waals surface area contributed by atoms with Crippen LogP contribution in [-0.2, 0) is 16.1 Å². The van der Waals surface area contributed by atoms with Crippen LogP contribution in [0.4, 0.5) is 14.5 Å². The topological polar surface area (TPSA) is 49.4 Å². The molecular weight excluding hydrogens is 358 g/mol. The van der Waals surface area contributed by atoms with Gasteiger partial charge in [-0.2, -0.15) is 0 Å². The predicted molar refractivity (Wildman–Crippen MR) is 100.0 cm³/mol. The van der Waals surface area contributed by atoms with Gasteiger partial charge in [-0.3, -0.25) is 9.59 Å². The minimum absolute atomic E-state index is 0.0427. The zero-order chi connectivity index (χ0) is 19.1. The Morgan fingerprint density at radius 2 is 1.88 bits per heavy atom. The largest absolute Gasteiger partial charge is 0.341 e. The second-order valence-electron chi connectivity index (χ2n) is 5.90. The van der Waals surface area contributed by atoms with Gasteiger partial charge in [0.2, 0.25) is 11.8 Å². The maximum absolute atomic E-state index is 13.6. The molecule has 2 aromatic rings. The highest BCUT2D eigenvalue weighted by Gasteiger charge is 2.13. The standard InChI is InChI=1S/C19H20F2N2O2S/c1-13-4-3-5-16(8-13)22-18(24)11-26-12-19(25)23(2)10-14-6-7-15(20)9-17(14)21/h3-9H,10-12H2,1-2H3,(H,22,24). The number of nitrogens with zero attached hydrogens (tertiary/aromatic N) is 1. The maximum Gasteiger partial charge on any atom is 0.234 e. The smallest absolute Gasteiger partial charge is 0.234 e. The van der Waals surface area contributed by atoms with Crippen molar-refractivity contribution in [3.63, 3.8) is 0 Å². The van der Waals surface area contributed by atoms with E-state index >= 15 is 0 Å². The normalized spacial score (nSPS) is 10.5. The van der Waals surface area contributed by atoms with Gasteiger partial charge < -0.3 is 10.2 Å². The molecule has 26 heavy (non-hydrogen) atoms. The van der Waals surface area contributed by atoms with E-state index in [1.54, 1.807) is 13.1 Å². The Labute approximate surface area is 155 Å². The van der Waals surface area contributed by atoms with Crippen molar-refractivity contribution in [3.8, 4) is 0 Å². The lowest BCUT2D eigenvalue weighted by molar-refractivity contribution is -0.127. The number of halogens is 2. The third-order valence-corrected chi connectivity index (χ3v) is 4.53. The second kappa shape index (κ2) is 9.33. The Morgan fingerprint density at radius 1 is 1.12 bits per heavy atom. The summed E-state index contributed by atoms with van der Waals surface area (Å²) in [7, 11) is 1.54. The van der Waals surface area contributed by atoms with Gasteiger partial charge >= 0.3 is 0 Å². The van der Waals surface area contributed by atoms with E-state index in [9.17, 15) is 18.4 Å². The minimum atomic E-state index is -0.685. The van der Waals surface area contributed by atoms with Crippen LogP contribution in [0.1, 0.15) is 11.1 Å². The molecule has 2 amide bonds. The molecule has 0 unspecified atom stereocenters. The summed E-state index contributed by atoms with van der Waals surface area (Å²) >= 11 is 1.18. The highest BCUT2D eigenvalue weighted by atomic mass is 32.2. The lowest BCUT2D eigenvalue weighted by Crippen LogP contribution is -2.28. The number of carbonyl (C=O) groups is 2. The number of hydrogen-bond donors (Lipinski definition) is 1. The first kappa shape index (κ1) is 19.9. The second-order valence-corrected chi connectivity index (χ2v) is 6.88. The number of carbonyl (C=O) groups excluding carboxylic acids is 2. The number of aryl methyl sites for hydroxylation is 1. The summed E-state index contributed by atoms with van der Waals surface area (Å²) in [4.78, 5) is 25.3. The highest BCUT2D eigenvalue weighted by Crippen LogP contribution is 2.13. The molecule has 0 atom stereocenters. The lowest BCUT2D eigenvalue weighted by atomic mass is 10.2. The van der Waals surface area contributed by atoms with Crippen molar-refractivity contribution in [2.75, 3.05) is 23.9 Å². The van der Waals surface area contributed by atoms with Crippen LogP contribution in [0.2, 0.25) is 0 Å². The zero-order valence-electron chi connectivity index (χ0n) is 14.6. The number of thioether (sulfide) groups is 1. The Morgan fingerprint density at radius 3 is 2.58 bits per heavy atom. The van der Waals surface area contributed by atoms with E-state index in [-0.39, 0.29) is 35.4 Å². The number of nitrogens with one attached hydrogen (secondary N) is 1. The molecule has 0 aliphatic rings. The molecule has 0 radical (unpaired) electrons. The molecule has 0 fully saturated rings. The number of benzene rings is 2. The monoisotopic (exact) mass is 378 g/mol. The summed E-state index contributed by atoms with van der Waals surface area (Å²) in [5, 5.41) is 2.77. The fraction of sp³-hybridized carbons (Fsp3) is 0.263. The van der Waals surface area contributed by atoms with Crippen molar-refractivity contribution in [2.24, 2.45) is 0 Å². The fourth-order valence-electron chi connectivity index (χ4n) is 2.25. The van der Waals surface area contributed by atoms with E-state index in [0.29, 0.717) is 5.69 Å². The zero-order valence-corrected chi connectivity index (χ0v) is 15.4. The summed E-state index contributed by atoms with van der Waals surface area (Å²) in [6, 6.07) is 10.7. The SMILES string of the molecule is Cc1cccc(NC(=O)CSCC(=O)N(C)Cc2ccc(F)cc2F)c1. The van der Waals surface area contributed by atoms with Crippen LogP contribution in [0.15, 0.2) is 42.5 Å². The molecule has 2 rings (SSSR count). The van der Waals surface area contributed by atoms with Gasteiger partial charge in [0.05, 0.1) is 11.5 Å². The van der Waals surface area contributed by atoms with Gasteiger partial charge in [0.25, 0.3) is 0 Å². The molecule has 7 heteroatoms. The molecule has 1 N–H and O–H groups in total. The van der Waals surface area contributed by atoms with Crippen molar-refractivity contribution in [2.45, 2.75) is 13.5 Å². The van der Waals surface area contributed by atoms with Crippen molar-refractivity contribution in [1.29, 1.82) is 0 Å². The Bertz CT molecular complexity index is 799. The third kappa shape index (κ3) is 6.15. The van der Waals surface area contributed by atoms with Gasteiger partial charge in [-0.15, -0.1) is 11.8 Å². The van der Waals surface area contributed by atoms with Crippen molar-refractivity contribution < 1.29 is 18.4 Å². The number of amides is 2. The van der Waals surface area contributed by atoms with Crippen molar-refractivity contribution >= 4 is 29.3 Å². The molecule has 0 bridgehead atoms. The van der Waals surface area contributed by atoms with Crippen LogP contribution in [0, 0.1) is 18.6 Å². The molecular formula is C19H20F2N2O2S. The molecule has 4 nitrogen and oxygen atoms in total. The summed E-state index contributed by atoms with van der Waals surface area (Å²) in [5.41, 5.74) is 2.00. The average molecular weight is 378 g/mol. The Balaban J connectivity index is 1.76. The number of rotatable bonds is 7. The van der Waals surface area contributed by atoms with Crippen LogP contribution in [0.25, 0.3) is 0 Å². The first-order valence-corrected chi connectivity index (χ1v) is 9.13. The van der Waals surface area contributed by atoms with E-state index in [1.807, 2.05) is 25.1 Å². The first-order chi connectivity index (χ1) is 12.3. The van der Waals surface area contributed by atoms with Gasteiger partial charge in [0.1, 0.15) is 11.6 Å². The average Bonchev–Trinajstić information content (AvgIpc) is 2.57. The Kier molecular flexibility index (Phi) is 7.15. The van der Waals surface area contributed by atoms with Gasteiger partial charge in [-0.05, 0) is 30.7 Å². The lowest BCUT2D eigenvalue weighted by Gasteiger charge is -2.17. The highest BCUT2D eigenvalue weighted by molar-refractivity contribution is 8.00. The van der Waals surface area contributed by atoms with Crippen molar-refractivity contribution in [3.05, 3.63) is 65.2 Å². The van der Waals surface area contributed by atoms with E-state index < -0.39 is 11.6 Å². The van der Waals surface area contributed by atoms with E-state index in [0.717, 1.165) is 17.7 Å². The molecule has 0 saturated carbocycles. The van der Waals surface area contributed by atoms with Crippen LogP contribution in [0.5, 0.6) is 0 Å². The fourth-order valence-corrected chi connectivity index (χ4v) is 3.01. The maximum atomic E-state index is 13.6. The first-order valence-electron chi connectivity index (χ1n) is 7.97. The molecule has 138 valence electrons. The summed E-state index contributed by atoms with van der Waals surface area (Å²) in [6.45, 7) is 1.98. The molecule has 0 spiro atoms. The van der Waals surface area contributed by atoms with Gasteiger partial charge in [-0.1, -0.05) is 18.2 Å². The van der Waals surface area contributed by atoms with Crippen LogP contribution in [0.3, 0.4) is 0 Å². The Hall–Kier alpha value is -2.41. The van der Waals surface area contributed by atoms with Gasteiger partial charge in [-0.25, -0.2) is 8.78 Å². The third-order valence-electron chi connectivity index (χ3n) is 3.61. The molecule has 2 aromatic carbocycles. The number of hydrogen-bond acceptors (Lipinski definition) is 3. The summed E-state index contributed by atoms with van der Waals surface area (Å²) < 4.78 is 26.5. The van der Waals surface area contributed by atoms with Crippen LogP contribution in [-0.4, -0.2) is 35.3 Å². The van der Waals surface area contributed by atoms with Crippen LogP contribution >= 0.6 is 11.8 Å². The molecule has 0 saturated heterocycles. The molecule has 0 aliphatic heterocycles. The van der Waals surface area contributed by atoms with Gasteiger partial charge in [0, 0.05) is 30.9 Å². The minimum Gasteiger partial charge on any atom is -0.341 e. The molecule has 0 aromatic heterocycles. The summed E-state index contributed by atoms with van der Waals surface area (Å²) in [6.07, 6.45) is 0. The molecule has 0 heterocycles. The number of anilines is 1. The van der Waals surface area contributed by atoms with Crippen LogP contribution < -0.4 is 5.32 Å². The van der Waals surface area contributed by atoms with E-state index in [4.69, 9.17) is 0 Å². The van der Waals surface area contributed by atoms with Gasteiger partial charge in [0.15, 0.2) is 0 Å². The van der Waals surface area contributed by atoms with E-state index in [1.165, 1.54) is 22.7 Å². The predicted octanol–water partition coefficient (Wildman–Crippen LogP) is 3.60. The molecule has 0 aliphatic carbocycles.